The van der Waals surface area contributed by atoms with E-state index in [1.165, 1.54) is 38.4 Å². The first kappa shape index (κ1) is 12.9. The van der Waals surface area contributed by atoms with Crippen LogP contribution in [-0.2, 0) is 0 Å². The molecule has 0 aromatic carbocycles. The third-order valence-electron chi connectivity index (χ3n) is 3.63. The van der Waals surface area contributed by atoms with Gasteiger partial charge in [-0.2, -0.15) is 0 Å². The molecule has 100 valence electrons. The lowest BCUT2D eigenvalue weighted by Crippen LogP contribution is -2.20. The first-order valence-corrected chi connectivity index (χ1v) is 6.61. The summed E-state index contributed by atoms with van der Waals surface area (Å²) in [6, 6.07) is 0.457. The van der Waals surface area contributed by atoms with Crippen molar-refractivity contribution in [3.05, 3.63) is 6.33 Å². The van der Waals surface area contributed by atoms with E-state index in [9.17, 15) is 0 Å². The van der Waals surface area contributed by atoms with Gasteiger partial charge in [-0.05, 0) is 25.2 Å². The number of nitrogen functional groups attached to an aromatic ring is 1. The SMILES string of the molecule is COc1c(N)ncnc1NC1CCCC(C)CC1. The molecule has 5 heteroatoms. The molecule has 0 saturated heterocycles. The molecule has 0 radical (unpaired) electrons. The van der Waals surface area contributed by atoms with Crippen LogP contribution in [0, 0.1) is 5.92 Å². The van der Waals surface area contributed by atoms with E-state index in [4.69, 9.17) is 10.5 Å². The van der Waals surface area contributed by atoms with E-state index >= 15 is 0 Å². The second-order valence-electron chi connectivity index (χ2n) is 5.10. The zero-order valence-electron chi connectivity index (χ0n) is 11.1. The Morgan fingerprint density at radius 3 is 2.89 bits per heavy atom. The van der Waals surface area contributed by atoms with Crippen molar-refractivity contribution >= 4 is 11.6 Å². The molecule has 2 rings (SSSR count). The number of rotatable bonds is 3. The molecule has 3 N–H and O–H groups in total. The van der Waals surface area contributed by atoms with Crippen LogP contribution in [0.25, 0.3) is 0 Å². The lowest BCUT2D eigenvalue weighted by molar-refractivity contribution is 0.414. The molecule has 1 aliphatic carbocycles. The molecule has 1 saturated carbocycles. The van der Waals surface area contributed by atoms with Crippen molar-refractivity contribution < 1.29 is 4.74 Å². The molecular weight excluding hydrogens is 228 g/mol. The van der Waals surface area contributed by atoms with Crippen LogP contribution in [0.5, 0.6) is 5.75 Å². The summed E-state index contributed by atoms with van der Waals surface area (Å²) in [7, 11) is 1.59. The number of nitrogens with zero attached hydrogens (tertiary/aromatic N) is 2. The van der Waals surface area contributed by atoms with Crippen molar-refractivity contribution in [2.24, 2.45) is 5.92 Å². The molecule has 5 nitrogen and oxygen atoms in total. The highest BCUT2D eigenvalue weighted by molar-refractivity contribution is 5.61. The fourth-order valence-corrected chi connectivity index (χ4v) is 2.52. The summed E-state index contributed by atoms with van der Waals surface area (Å²) >= 11 is 0. The standard InChI is InChI=1S/C13H22N4O/c1-9-4-3-5-10(7-6-9)17-13-11(18-2)12(14)15-8-16-13/h8-10H,3-7H2,1-2H3,(H3,14,15,16,17). The van der Waals surface area contributed by atoms with Gasteiger partial charge in [0.05, 0.1) is 7.11 Å². The average molecular weight is 250 g/mol. The monoisotopic (exact) mass is 250 g/mol. The van der Waals surface area contributed by atoms with Crippen LogP contribution in [0.4, 0.5) is 11.6 Å². The Morgan fingerprint density at radius 2 is 2.11 bits per heavy atom. The molecule has 1 aromatic rings. The Kier molecular flexibility index (Phi) is 4.23. The van der Waals surface area contributed by atoms with Crippen LogP contribution in [0.2, 0.25) is 0 Å². The predicted molar refractivity (Wildman–Crippen MR) is 72.7 cm³/mol. The predicted octanol–water partition coefficient (Wildman–Crippen LogP) is 2.45. The van der Waals surface area contributed by atoms with E-state index in [1.54, 1.807) is 7.11 Å². The molecule has 1 aliphatic rings. The van der Waals surface area contributed by atoms with E-state index in [1.807, 2.05) is 0 Å². The minimum atomic E-state index is 0.386. The Morgan fingerprint density at radius 1 is 1.28 bits per heavy atom. The van der Waals surface area contributed by atoms with Gasteiger partial charge in [0.25, 0.3) is 0 Å². The summed E-state index contributed by atoms with van der Waals surface area (Å²) in [6.07, 6.45) is 7.68. The van der Waals surface area contributed by atoms with Crippen molar-refractivity contribution in [2.75, 3.05) is 18.2 Å². The molecule has 1 heterocycles. The van der Waals surface area contributed by atoms with Crippen LogP contribution >= 0.6 is 0 Å². The first-order valence-electron chi connectivity index (χ1n) is 6.61. The number of methoxy groups -OCH3 is 1. The molecule has 0 bridgehead atoms. The van der Waals surface area contributed by atoms with Crippen molar-refractivity contribution in [2.45, 2.75) is 45.1 Å². The minimum Gasteiger partial charge on any atom is -0.490 e. The fourth-order valence-electron chi connectivity index (χ4n) is 2.52. The Balaban J connectivity index is 2.06. The van der Waals surface area contributed by atoms with Crippen LogP contribution in [0.3, 0.4) is 0 Å². The van der Waals surface area contributed by atoms with E-state index in [2.05, 4.69) is 22.2 Å². The molecule has 0 spiro atoms. The number of hydrogen-bond acceptors (Lipinski definition) is 5. The summed E-state index contributed by atoms with van der Waals surface area (Å²) < 4.78 is 5.26. The molecule has 1 aromatic heterocycles. The molecule has 2 unspecified atom stereocenters. The molecule has 0 amide bonds. The third-order valence-corrected chi connectivity index (χ3v) is 3.63. The van der Waals surface area contributed by atoms with Crippen molar-refractivity contribution in [3.63, 3.8) is 0 Å². The lowest BCUT2D eigenvalue weighted by Gasteiger charge is -2.19. The second-order valence-corrected chi connectivity index (χ2v) is 5.10. The Hall–Kier alpha value is -1.52. The zero-order chi connectivity index (χ0) is 13.0. The van der Waals surface area contributed by atoms with Crippen molar-refractivity contribution in [1.82, 2.24) is 9.97 Å². The van der Waals surface area contributed by atoms with Gasteiger partial charge in [0.2, 0.25) is 5.75 Å². The maximum atomic E-state index is 5.77. The van der Waals surface area contributed by atoms with Crippen LogP contribution in [-0.4, -0.2) is 23.1 Å². The van der Waals surface area contributed by atoms with Gasteiger partial charge in [-0.25, -0.2) is 9.97 Å². The van der Waals surface area contributed by atoms with Crippen molar-refractivity contribution in [1.29, 1.82) is 0 Å². The summed E-state index contributed by atoms with van der Waals surface area (Å²) in [5.74, 6) is 2.48. The van der Waals surface area contributed by atoms with Gasteiger partial charge in [-0.15, -0.1) is 0 Å². The number of nitrogens with two attached hydrogens (primary N) is 1. The van der Waals surface area contributed by atoms with E-state index in [0.717, 1.165) is 5.92 Å². The lowest BCUT2D eigenvalue weighted by atomic mass is 10.0. The molecule has 2 atom stereocenters. The fraction of sp³-hybridized carbons (Fsp3) is 0.692. The number of aromatic nitrogens is 2. The number of anilines is 2. The highest BCUT2D eigenvalue weighted by Gasteiger charge is 2.18. The summed E-state index contributed by atoms with van der Waals surface area (Å²) in [6.45, 7) is 2.33. The number of nitrogens with one attached hydrogen (secondary N) is 1. The highest BCUT2D eigenvalue weighted by Crippen LogP contribution is 2.30. The number of hydrogen-bond donors (Lipinski definition) is 2. The molecular formula is C13H22N4O. The molecule has 18 heavy (non-hydrogen) atoms. The Bertz CT molecular complexity index is 397. The van der Waals surface area contributed by atoms with Crippen molar-refractivity contribution in [3.8, 4) is 5.75 Å². The maximum Gasteiger partial charge on any atom is 0.203 e. The maximum absolute atomic E-state index is 5.77. The Labute approximate surface area is 108 Å². The van der Waals surface area contributed by atoms with Gasteiger partial charge >= 0.3 is 0 Å². The van der Waals surface area contributed by atoms with E-state index in [0.29, 0.717) is 23.4 Å². The van der Waals surface area contributed by atoms with Gasteiger partial charge in [0, 0.05) is 6.04 Å². The summed E-state index contributed by atoms with van der Waals surface area (Å²) in [5.41, 5.74) is 5.77. The summed E-state index contributed by atoms with van der Waals surface area (Å²) in [4.78, 5) is 8.16. The first-order chi connectivity index (χ1) is 8.70. The van der Waals surface area contributed by atoms with Gasteiger partial charge < -0.3 is 15.8 Å². The van der Waals surface area contributed by atoms with Crippen LogP contribution in [0.15, 0.2) is 6.33 Å². The zero-order valence-corrected chi connectivity index (χ0v) is 11.1. The minimum absolute atomic E-state index is 0.386. The topological polar surface area (TPSA) is 73.1 Å². The van der Waals surface area contributed by atoms with Gasteiger partial charge in [0.1, 0.15) is 6.33 Å². The van der Waals surface area contributed by atoms with Gasteiger partial charge in [-0.1, -0.05) is 19.8 Å². The van der Waals surface area contributed by atoms with Crippen LogP contribution in [0.1, 0.15) is 39.0 Å². The second kappa shape index (κ2) is 5.89. The van der Waals surface area contributed by atoms with Gasteiger partial charge in [0.15, 0.2) is 11.6 Å². The molecule has 0 aliphatic heterocycles. The third kappa shape index (κ3) is 3.03. The van der Waals surface area contributed by atoms with Gasteiger partial charge in [-0.3, -0.25) is 0 Å². The van der Waals surface area contributed by atoms with Crippen LogP contribution < -0.4 is 15.8 Å². The normalized spacial score (nSPS) is 24.3. The quantitative estimate of drug-likeness (QED) is 0.806. The number of ether oxygens (including phenoxy) is 1. The largest absolute Gasteiger partial charge is 0.490 e. The average Bonchev–Trinajstić information content (AvgIpc) is 2.55. The highest BCUT2D eigenvalue weighted by atomic mass is 16.5. The van der Waals surface area contributed by atoms with E-state index in [-0.39, 0.29) is 0 Å². The van der Waals surface area contributed by atoms with E-state index < -0.39 is 0 Å². The smallest absolute Gasteiger partial charge is 0.203 e. The summed E-state index contributed by atoms with van der Waals surface area (Å²) in [5, 5.41) is 3.45. The molecule has 1 fully saturated rings.